The maximum absolute atomic E-state index is 10.5. The largest absolute Gasteiger partial charge is 0.481 e. The zero-order chi connectivity index (χ0) is 24.5. The molecule has 0 aliphatic rings. The van der Waals surface area contributed by atoms with E-state index >= 15 is 0 Å². The fourth-order valence-electron chi connectivity index (χ4n) is 3.09. The summed E-state index contributed by atoms with van der Waals surface area (Å²) in [6, 6.07) is -0.741. The van der Waals surface area contributed by atoms with Crippen molar-refractivity contribution in [3.8, 4) is 0 Å². The minimum atomic E-state index is -0.973. The fraction of sp³-hybridized carbons (Fsp3) is 0.800. The van der Waals surface area contributed by atoms with E-state index < -0.39 is 18.0 Å². The monoisotopic (exact) mass is 473 g/mol. The van der Waals surface area contributed by atoms with Crippen molar-refractivity contribution in [2.45, 2.75) is 116 Å². The highest BCUT2D eigenvalue weighted by molar-refractivity contribution is 7.98. The molecule has 0 heterocycles. The van der Waals surface area contributed by atoms with Crippen LogP contribution in [0.15, 0.2) is 12.2 Å². The molecule has 0 fully saturated rings. The van der Waals surface area contributed by atoms with Crippen LogP contribution < -0.4 is 5.32 Å². The van der Waals surface area contributed by atoms with Crippen LogP contribution in [-0.4, -0.2) is 46.1 Å². The molecule has 0 spiro atoms. The number of carboxylic acids is 2. The molecule has 0 rings (SSSR count). The Bertz CT molecular complexity index is 497. The van der Waals surface area contributed by atoms with Gasteiger partial charge in [0.25, 0.3) is 0 Å². The summed E-state index contributed by atoms with van der Waals surface area (Å²) in [5.74, 6) is -1.21. The van der Waals surface area contributed by atoms with Gasteiger partial charge in [-0.3, -0.25) is 9.59 Å². The maximum atomic E-state index is 10.5. The minimum Gasteiger partial charge on any atom is -0.481 e. The number of rotatable bonds is 20. The summed E-state index contributed by atoms with van der Waals surface area (Å²) in [5.41, 5.74) is 0. The van der Waals surface area contributed by atoms with Gasteiger partial charge in [-0.25, -0.2) is 4.79 Å². The normalized spacial score (nSPS) is 11.6. The number of unbranched alkanes of at least 4 members (excludes halogenated alkanes) is 11. The highest BCUT2D eigenvalue weighted by Gasteiger charge is 2.16. The number of nitrogens with one attached hydrogen (secondary N) is 1. The Morgan fingerprint density at radius 1 is 0.844 bits per heavy atom. The van der Waals surface area contributed by atoms with Gasteiger partial charge in [-0.05, 0) is 50.5 Å². The van der Waals surface area contributed by atoms with Crippen LogP contribution in [0.3, 0.4) is 0 Å². The zero-order valence-corrected chi connectivity index (χ0v) is 21.4. The first-order valence-electron chi connectivity index (χ1n) is 12.2. The smallest absolute Gasteiger partial charge is 0.326 e. The molecule has 0 aromatic heterocycles. The van der Waals surface area contributed by atoms with E-state index in [0.717, 1.165) is 18.6 Å². The molecule has 0 bridgehead atoms. The van der Waals surface area contributed by atoms with Crippen molar-refractivity contribution >= 4 is 29.6 Å². The van der Waals surface area contributed by atoms with E-state index in [0.29, 0.717) is 12.8 Å². The predicted molar refractivity (Wildman–Crippen MR) is 135 cm³/mol. The van der Waals surface area contributed by atoms with Crippen molar-refractivity contribution in [3.63, 3.8) is 0 Å². The second-order valence-electron chi connectivity index (χ2n) is 8.10. The predicted octanol–water partition coefficient (Wildman–Crippen LogP) is 6.44. The van der Waals surface area contributed by atoms with Crippen LogP contribution in [0.5, 0.6) is 0 Å². The molecule has 6 nitrogen and oxygen atoms in total. The molecule has 1 amide bonds. The van der Waals surface area contributed by atoms with Crippen LogP contribution in [0.4, 0.5) is 0 Å². The van der Waals surface area contributed by atoms with Crippen molar-refractivity contribution < 1.29 is 24.6 Å². The molecule has 0 aliphatic heterocycles. The molecule has 0 radical (unpaired) electrons. The quantitative estimate of drug-likeness (QED) is 0.139. The minimum absolute atomic E-state index is 0.302. The van der Waals surface area contributed by atoms with Crippen molar-refractivity contribution in [2.24, 2.45) is 0 Å². The second-order valence-corrected chi connectivity index (χ2v) is 9.09. The number of carboxylic acid groups (broad SMARTS) is 2. The first-order valence-corrected chi connectivity index (χ1v) is 13.6. The highest BCUT2D eigenvalue weighted by Crippen LogP contribution is 2.09. The average molecular weight is 474 g/mol. The summed E-state index contributed by atoms with van der Waals surface area (Å²) in [6.45, 7) is 3.57. The number of hydrogen-bond acceptors (Lipinski definition) is 4. The Hall–Kier alpha value is -1.50. The van der Waals surface area contributed by atoms with E-state index in [2.05, 4.69) is 24.4 Å². The van der Waals surface area contributed by atoms with E-state index in [1.54, 1.807) is 11.8 Å². The van der Waals surface area contributed by atoms with Crippen LogP contribution in [0.25, 0.3) is 0 Å². The Balaban J connectivity index is 0. The molecule has 0 aliphatic carbocycles. The summed E-state index contributed by atoms with van der Waals surface area (Å²) < 4.78 is 0. The number of carbonyl (C=O) groups is 3. The summed E-state index contributed by atoms with van der Waals surface area (Å²) in [5, 5.41) is 19.5. The van der Waals surface area contributed by atoms with E-state index in [1.165, 1.54) is 77.6 Å². The summed E-state index contributed by atoms with van der Waals surface area (Å²) in [6.07, 6.45) is 23.6. The lowest BCUT2D eigenvalue weighted by Crippen LogP contribution is -2.39. The molecule has 32 heavy (non-hydrogen) atoms. The third-order valence-corrected chi connectivity index (χ3v) is 5.58. The van der Waals surface area contributed by atoms with Gasteiger partial charge in [-0.2, -0.15) is 11.8 Å². The van der Waals surface area contributed by atoms with E-state index in [4.69, 9.17) is 10.2 Å². The van der Waals surface area contributed by atoms with E-state index in [-0.39, 0.29) is 5.91 Å². The van der Waals surface area contributed by atoms with Crippen molar-refractivity contribution in [1.29, 1.82) is 0 Å². The molecule has 1 unspecified atom stereocenters. The number of allylic oxidation sites excluding steroid dienone is 2. The lowest BCUT2D eigenvalue weighted by molar-refractivity contribution is -0.141. The van der Waals surface area contributed by atoms with Crippen molar-refractivity contribution in [3.05, 3.63) is 12.2 Å². The standard InChI is InChI=1S/C18H34O2.C7H13NO3S/c1-2-3-4-5-6-7-8-9-10-11-12-13-14-15-16-17-18(19)20;1-5(9)8-6(7(10)11)3-4-12-2/h9-10H,2-8,11-17H2,1H3,(H,19,20);6H,3-4H2,1-2H3,(H,8,9)(H,10,11)/b10-9-;. The molecule has 0 aromatic rings. The summed E-state index contributed by atoms with van der Waals surface area (Å²) in [4.78, 5) is 31.4. The number of carbonyl (C=O) groups excluding carboxylic acids is 1. The van der Waals surface area contributed by atoms with Crippen LogP contribution in [0.2, 0.25) is 0 Å². The summed E-state index contributed by atoms with van der Waals surface area (Å²) in [7, 11) is 0. The average Bonchev–Trinajstić information content (AvgIpc) is 2.73. The fourth-order valence-corrected chi connectivity index (χ4v) is 3.56. The van der Waals surface area contributed by atoms with E-state index in [9.17, 15) is 14.4 Å². The van der Waals surface area contributed by atoms with Gasteiger partial charge in [0.15, 0.2) is 0 Å². The van der Waals surface area contributed by atoms with Gasteiger partial charge < -0.3 is 15.5 Å². The van der Waals surface area contributed by atoms with Gasteiger partial charge in [0.05, 0.1) is 0 Å². The van der Waals surface area contributed by atoms with Crippen LogP contribution in [0.1, 0.15) is 110 Å². The van der Waals surface area contributed by atoms with E-state index in [1.807, 2.05) is 6.26 Å². The topological polar surface area (TPSA) is 104 Å². The molecule has 3 N–H and O–H groups in total. The van der Waals surface area contributed by atoms with Gasteiger partial charge in [-0.15, -0.1) is 0 Å². The van der Waals surface area contributed by atoms with Gasteiger partial charge >= 0.3 is 11.9 Å². The number of amides is 1. The van der Waals surface area contributed by atoms with Crippen molar-refractivity contribution in [2.75, 3.05) is 12.0 Å². The SMILES string of the molecule is CCCCCCCC/C=C\CCCCCCCC(=O)O.CSCCC(NC(C)=O)C(=O)O. The number of aliphatic carboxylic acids is 2. The molecule has 188 valence electrons. The molecule has 0 saturated heterocycles. The van der Waals surface area contributed by atoms with Gasteiger partial charge in [-0.1, -0.05) is 70.4 Å². The number of hydrogen-bond donors (Lipinski definition) is 3. The lowest BCUT2D eigenvalue weighted by Gasteiger charge is -2.11. The second kappa shape index (κ2) is 25.8. The Labute approximate surface area is 200 Å². The number of thioether (sulfide) groups is 1. The maximum Gasteiger partial charge on any atom is 0.326 e. The van der Waals surface area contributed by atoms with Crippen LogP contribution in [-0.2, 0) is 14.4 Å². The van der Waals surface area contributed by atoms with Gasteiger partial charge in [0, 0.05) is 13.3 Å². The molecular formula is C25H47NO5S. The van der Waals surface area contributed by atoms with Gasteiger partial charge in [0.2, 0.25) is 5.91 Å². The Morgan fingerprint density at radius 3 is 1.78 bits per heavy atom. The lowest BCUT2D eigenvalue weighted by atomic mass is 10.1. The Kier molecular flexibility index (Phi) is 26.3. The highest BCUT2D eigenvalue weighted by atomic mass is 32.2. The molecule has 7 heteroatoms. The third-order valence-electron chi connectivity index (χ3n) is 4.94. The summed E-state index contributed by atoms with van der Waals surface area (Å²) >= 11 is 1.56. The first kappa shape index (κ1) is 32.7. The third kappa shape index (κ3) is 28.5. The Morgan fingerprint density at radius 2 is 1.34 bits per heavy atom. The van der Waals surface area contributed by atoms with Crippen molar-refractivity contribution in [1.82, 2.24) is 5.32 Å². The molecule has 0 aromatic carbocycles. The first-order chi connectivity index (χ1) is 15.3. The zero-order valence-electron chi connectivity index (χ0n) is 20.6. The molecule has 1 atom stereocenters. The molecular weight excluding hydrogens is 426 g/mol. The van der Waals surface area contributed by atoms with Gasteiger partial charge in [0.1, 0.15) is 6.04 Å². The molecule has 0 saturated carbocycles. The van der Waals surface area contributed by atoms with Crippen LogP contribution in [0, 0.1) is 0 Å². The van der Waals surface area contributed by atoms with Crippen LogP contribution >= 0.6 is 11.8 Å².